The van der Waals surface area contributed by atoms with Crippen LogP contribution in [-0.2, 0) is 9.59 Å². The van der Waals surface area contributed by atoms with Gasteiger partial charge in [0.15, 0.2) is 0 Å². The molecule has 1 N–H and O–H groups in total. The largest absolute Gasteiger partial charge is 0.335 e. The van der Waals surface area contributed by atoms with Crippen LogP contribution in [0.15, 0.2) is 24.3 Å². The molecule has 1 aromatic carbocycles. The number of urea groups is 1. The highest BCUT2D eigenvalue weighted by atomic mass is 19.1. The number of hydrogen-bond donors (Lipinski definition) is 1. The van der Waals surface area contributed by atoms with Gasteiger partial charge in [0.25, 0.3) is 0 Å². The molecule has 0 saturated carbocycles. The predicted molar refractivity (Wildman–Crippen MR) is 65.8 cm³/mol. The number of anilines is 1. The van der Waals surface area contributed by atoms with Gasteiger partial charge in [0.2, 0.25) is 11.8 Å². The fourth-order valence-corrected chi connectivity index (χ4v) is 2.02. The minimum absolute atomic E-state index is 0.140. The molecule has 0 aromatic heterocycles. The highest BCUT2D eigenvalue weighted by Crippen LogP contribution is 2.25. The fourth-order valence-electron chi connectivity index (χ4n) is 2.02. The molecule has 4 amide bonds. The zero-order valence-corrected chi connectivity index (χ0v) is 10.4. The van der Waals surface area contributed by atoms with Crippen LogP contribution in [0.4, 0.5) is 14.9 Å². The van der Waals surface area contributed by atoms with Gasteiger partial charge in [-0.25, -0.2) is 14.1 Å². The minimum Gasteiger partial charge on any atom is -0.277 e. The average Bonchev–Trinajstić information content (AvgIpc) is 2.36. The molecule has 1 unspecified atom stereocenters. The number of barbiturate groups is 1. The first-order valence-corrected chi connectivity index (χ1v) is 5.99. The highest BCUT2D eigenvalue weighted by molar-refractivity contribution is 6.27. The normalized spacial score (nSPS) is 19.6. The third kappa shape index (κ3) is 2.33. The van der Waals surface area contributed by atoms with Crippen LogP contribution in [0.2, 0.25) is 0 Å². The van der Waals surface area contributed by atoms with Gasteiger partial charge in [-0.1, -0.05) is 25.5 Å². The molecule has 5 nitrogen and oxygen atoms in total. The van der Waals surface area contributed by atoms with Crippen LogP contribution in [0.5, 0.6) is 0 Å². The molecule has 1 aromatic rings. The van der Waals surface area contributed by atoms with Crippen LogP contribution < -0.4 is 10.2 Å². The van der Waals surface area contributed by atoms with E-state index < -0.39 is 29.6 Å². The number of hydrogen-bond acceptors (Lipinski definition) is 3. The summed E-state index contributed by atoms with van der Waals surface area (Å²) in [4.78, 5) is 36.2. The lowest BCUT2D eigenvalue weighted by atomic mass is 9.99. The van der Waals surface area contributed by atoms with Crippen molar-refractivity contribution in [2.24, 2.45) is 5.92 Å². The molecule has 1 aliphatic heterocycles. The predicted octanol–water partition coefficient (Wildman–Crippen LogP) is 1.82. The Hall–Kier alpha value is -2.24. The minimum atomic E-state index is -0.942. The van der Waals surface area contributed by atoms with E-state index in [0.717, 1.165) is 6.07 Å². The third-order valence-electron chi connectivity index (χ3n) is 2.94. The first kappa shape index (κ1) is 13.2. The highest BCUT2D eigenvalue weighted by Gasteiger charge is 2.41. The molecule has 100 valence electrons. The van der Waals surface area contributed by atoms with Crippen molar-refractivity contribution in [3.8, 4) is 0 Å². The van der Waals surface area contributed by atoms with Crippen molar-refractivity contribution in [1.82, 2.24) is 5.32 Å². The monoisotopic (exact) mass is 264 g/mol. The second-order valence-corrected chi connectivity index (χ2v) is 4.26. The number of carbonyl (C=O) groups excluding carboxylic acids is 3. The number of nitrogens with one attached hydrogen (secondary N) is 1. The van der Waals surface area contributed by atoms with Gasteiger partial charge < -0.3 is 0 Å². The maximum atomic E-state index is 13.7. The SMILES string of the molecule is CCCC1C(=O)NC(=O)N(c2ccccc2F)C1=O. The first-order chi connectivity index (χ1) is 9.06. The van der Waals surface area contributed by atoms with Crippen molar-refractivity contribution in [3.05, 3.63) is 30.1 Å². The maximum Gasteiger partial charge on any atom is 0.335 e. The molecule has 19 heavy (non-hydrogen) atoms. The molecule has 2 rings (SSSR count). The summed E-state index contributed by atoms with van der Waals surface area (Å²) >= 11 is 0. The summed E-state index contributed by atoms with van der Waals surface area (Å²) in [5.41, 5.74) is -0.140. The van der Waals surface area contributed by atoms with Gasteiger partial charge >= 0.3 is 6.03 Å². The molecule has 0 spiro atoms. The Bertz CT molecular complexity index is 544. The van der Waals surface area contributed by atoms with Gasteiger partial charge in [-0.15, -0.1) is 0 Å². The number of nitrogens with zero attached hydrogens (tertiary/aromatic N) is 1. The van der Waals surface area contributed by atoms with Crippen LogP contribution in [0, 0.1) is 11.7 Å². The van der Waals surface area contributed by atoms with Crippen LogP contribution in [0.25, 0.3) is 0 Å². The van der Waals surface area contributed by atoms with Crippen LogP contribution in [0.3, 0.4) is 0 Å². The molecule has 1 aliphatic rings. The van der Waals surface area contributed by atoms with Crippen LogP contribution >= 0.6 is 0 Å². The van der Waals surface area contributed by atoms with E-state index in [1.165, 1.54) is 18.2 Å². The lowest BCUT2D eigenvalue weighted by Gasteiger charge is -2.30. The van der Waals surface area contributed by atoms with E-state index in [0.29, 0.717) is 17.7 Å². The summed E-state index contributed by atoms with van der Waals surface area (Å²) in [5.74, 6) is -2.93. The summed E-state index contributed by atoms with van der Waals surface area (Å²) in [7, 11) is 0. The Kier molecular flexibility index (Phi) is 3.59. The zero-order chi connectivity index (χ0) is 14.0. The first-order valence-electron chi connectivity index (χ1n) is 5.99. The molecule has 1 saturated heterocycles. The standard InChI is InChI=1S/C13H13FN2O3/c1-2-5-8-11(17)15-13(19)16(12(8)18)10-7-4-3-6-9(10)14/h3-4,6-8H,2,5H2,1H3,(H,15,17,19). The van der Waals surface area contributed by atoms with Crippen LogP contribution in [0.1, 0.15) is 19.8 Å². The number of amides is 4. The zero-order valence-electron chi connectivity index (χ0n) is 10.4. The summed E-state index contributed by atoms with van der Waals surface area (Å²) in [6, 6.07) is 4.55. The van der Waals surface area contributed by atoms with E-state index in [2.05, 4.69) is 5.32 Å². The van der Waals surface area contributed by atoms with E-state index in [1.807, 2.05) is 6.92 Å². The van der Waals surface area contributed by atoms with E-state index in [1.54, 1.807) is 0 Å². The number of rotatable bonds is 3. The molecule has 6 heteroatoms. The fraction of sp³-hybridized carbons (Fsp3) is 0.308. The molecule has 0 aliphatic carbocycles. The molecule has 1 atom stereocenters. The van der Waals surface area contributed by atoms with E-state index in [-0.39, 0.29) is 5.69 Å². The topological polar surface area (TPSA) is 66.5 Å². The van der Waals surface area contributed by atoms with E-state index in [9.17, 15) is 18.8 Å². The molecule has 0 bridgehead atoms. The smallest absolute Gasteiger partial charge is 0.277 e. The second kappa shape index (κ2) is 5.17. The van der Waals surface area contributed by atoms with Gasteiger partial charge in [0.1, 0.15) is 11.7 Å². The Morgan fingerprint density at radius 1 is 1.26 bits per heavy atom. The number of imide groups is 2. The van der Waals surface area contributed by atoms with Crippen molar-refractivity contribution in [2.75, 3.05) is 4.90 Å². The summed E-state index contributed by atoms with van der Waals surface area (Å²) in [6.45, 7) is 1.82. The van der Waals surface area contributed by atoms with E-state index >= 15 is 0 Å². The number of benzene rings is 1. The lowest BCUT2D eigenvalue weighted by Crippen LogP contribution is -2.58. The number of halogens is 1. The maximum absolute atomic E-state index is 13.7. The van der Waals surface area contributed by atoms with Crippen molar-refractivity contribution in [2.45, 2.75) is 19.8 Å². The summed E-state index contributed by atoms with van der Waals surface area (Å²) in [6.07, 6.45) is 0.937. The van der Waals surface area contributed by atoms with Gasteiger partial charge in [0.05, 0.1) is 5.69 Å². The average molecular weight is 264 g/mol. The second-order valence-electron chi connectivity index (χ2n) is 4.26. The number of carbonyl (C=O) groups is 3. The lowest BCUT2D eigenvalue weighted by molar-refractivity contribution is -0.134. The Morgan fingerprint density at radius 3 is 2.58 bits per heavy atom. The van der Waals surface area contributed by atoms with E-state index in [4.69, 9.17) is 0 Å². The Morgan fingerprint density at radius 2 is 1.95 bits per heavy atom. The molecule has 1 heterocycles. The van der Waals surface area contributed by atoms with Gasteiger partial charge in [-0.05, 0) is 18.6 Å². The van der Waals surface area contributed by atoms with Gasteiger partial charge in [-0.3, -0.25) is 14.9 Å². The molecule has 0 radical (unpaired) electrons. The summed E-state index contributed by atoms with van der Waals surface area (Å²) in [5, 5.41) is 2.08. The van der Waals surface area contributed by atoms with Crippen molar-refractivity contribution in [3.63, 3.8) is 0 Å². The Balaban J connectivity index is 2.39. The Labute approximate surface area is 109 Å². The third-order valence-corrected chi connectivity index (χ3v) is 2.94. The van der Waals surface area contributed by atoms with Crippen molar-refractivity contribution >= 4 is 23.5 Å². The van der Waals surface area contributed by atoms with Gasteiger partial charge in [-0.2, -0.15) is 0 Å². The van der Waals surface area contributed by atoms with Crippen molar-refractivity contribution < 1.29 is 18.8 Å². The van der Waals surface area contributed by atoms with Gasteiger partial charge in [0, 0.05) is 0 Å². The van der Waals surface area contributed by atoms with Crippen molar-refractivity contribution in [1.29, 1.82) is 0 Å². The summed E-state index contributed by atoms with van der Waals surface area (Å²) < 4.78 is 13.7. The molecular weight excluding hydrogens is 251 g/mol. The number of para-hydroxylation sites is 1. The molecular formula is C13H13FN2O3. The quantitative estimate of drug-likeness (QED) is 0.847. The van der Waals surface area contributed by atoms with Crippen LogP contribution in [-0.4, -0.2) is 17.8 Å². The molecule has 1 fully saturated rings.